The Kier molecular flexibility index (Phi) is 7.00. The summed E-state index contributed by atoms with van der Waals surface area (Å²) in [5, 5.41) is 10.8. The van der Waals surface area contributed by atoms with Crippen LogP contribution in [0.1, 0.15) is 34.1 Å². The van der Waals surface area contributed by atoms with Gasteiger partial charge in [0.15, 0.2) is 0 Å². The zero-order valence-corrected chi connectivity index (χ0v) is 20.2. The second-order valence-electron chi connectivity index (χ2n) is 8.18. The van der Waals surface area contributed by atoms with Crippen LogP contribution in [0.2, 0.25) is 5.02 Å². The Morgan fingerprint density at radius 1 is 1.17 bits per heavy atom. The van der Waals surface area contributed by atoms with Crippen LogP contribution in [0.15, 0.2) is 54.7 Å². The molecule has 2 aromatic carbocycles. The van der Waals surface area contributed by atoms with E-state index >= 15 is 4.39 Å². The van der Waals surface area contributed by atoms with Gasteiger partial charge in [-0.3, -0.25) is 19.5 Å². The highest BCUT2D eigenvalue weighted by molar-refractivity contribution is 6.30. The number of halogens is 2. The van der Waals surface area contributed by atoms with E-state index in [1.165, 1.54) is 33.3 Å². The molecular weight excluding hydrogens is 475 g/mol. The lowest BCUT2D eigenvalue weighted by Crippen LogP contribution is -2.54. The summed E-state index contributed by atoms with van der Waals surface area (Å²) in [6.45, 7) is 1.30. The number of ketones is 1. The molecule has 0 fully saturated rings. The molecule has 0 bridgehead atoms. The number of carbonyl (C=O) groups excluding carboxylic acids is 2. The first-order chi connectivity index (χ1) is 16.8. The Balaban J connectivity index is 1.93. The molecule has 182 valence electrons. The molecule has 1 amide bonds. The van der Waals surface area contributed by atoms with Crippen molar-refractivity contribution in [1.82, 2.24) is 9.88 Å². The van der Waals surface area contributed by atoms with Gasteiger partial charge in [0.05, 0.1) is 30.0 Å². The van der Waals surface area contributed by atoms with E-state index in [4.69, 9.17) is 21.1 Å². The Morgan fingerprint density at radius 3 is 2.49 bits per heavy atom. The van der Waals surface area contributed by atoms with E-state index in [0.717, 1.165) is 4.90 Å². The van der Waals surface area contributed by atoms with Gasteiger partial charge in [-0.05, 0) is 42.3 Å². The smallest absolute Gasteiger partial charge is 0.257 e. The van der Waals surface area contributed by atoms with Crippen LogP contribution in [0.3, 0.4) is 0 Å². The molecule has 9 heteroatoms. The number of aromatic nitrogens is 1. The third-order valence-corrected chi connectivity index (χ3v) is 6.35. The number of pyridine rings is 1. The lowest BCUT2D eigenvalue weighted by molar-refractivity contribution is -0.173. The van der Waals surface area contributed by atoms with Gasteiger partial charge < -0.3 is 14.6 Å². The number of nitrogens with zero attached hydrogens (tertiary/aromatic N) is 2. The van der Waals surface area contributed by atoms with Gasteiger partial charge in [-0.25, -0.2) is 4.39 Å². The van der Waals surface area contributed by atoms with Crippen molar-refractivity contribution in [1.29, 1.82) is 0 Å². The van der Waals surface area contributed by atoms with Crippen LogP contribution < -0.4 is 0 Å². The van der Waals surface area contributed by atoms with Crippen LogP contribution in [0.25, 0.3) is 11.1 Å². The number of rotatable bonds is 8. The summed E-state index contributed by atoms with van der Waals surface area (Å²) >= 11 is 5.98. The summed E-state index contributed by atoms with van der Waals surface area (Å²) in [5.74, 6) is -2.26. The van der Waals surface area contributed by atoms with E-state index in [1.807, 2.05) is 0 Å². The molecule has 0 aliphatic carbocycles. The number of Topliss-reactive ketones (excluding diaryl/α,β-unsaturated/α-hetero) is 1. The molecule has 0 saturated heterocycles. The summed E-state index contributed by atoms with van der Waals surface area (Å²) in [7, 11) is 2.72. The topological polar surface area (TPSA) is 89.0 Å². The molecule has 7 nitrogen and oxygen atoms in total. The van der Waals surface area contributed by atoms with Gasteiger partial charge in [0.25, 0.3) is 5.91 Å². The number of methoxy groups -OCH3 is 2. The lowest BCUT2D eigenvalue weighted by Gasteiger charge is -2.37. The lowest BCUT2D eigenvalue weighted by atomic mass is 9.90. The third-order valence-electron chi connectivity index (χ3n) is 6.09. The minimum Gasteiger partial charge on any atom is -0.385 e. The van der Waals surface area contributed by atoms with Crippen LogP contribution in [0.5, 0.6) is 0 Å². The first kappa shape index (κ1) is 24.9. The monoisotopic (exact) mass is 498 g/mol. The Morgan fingerprint density at radius 2 is 1.86 bits per heavy atom. The fourth-order valence-electron chi connectivity index (χ4n) is 4.45. The second kappa shape index (κ2) is 9.83. The van der Waals surface area contributed by atoms with Crippen molar-refractivity contribution in [3.63, 3.8) is 0 Å². The molecule has 35 heavy (non-hydrogen) atoms. The van der Waals surface area contributed by atoms with Crippen molar-refractivity contribution in [2.45, 2.75) is 31.9 Å². The quantitative estimate of drug-likeness (QED) is 0.503. The molecule has 1 unspecified atom stereocenters. The predicted molar refractivity (Wildman–Crippen MR) is 127 cm³/mol. The molecular formula is C26H24ClFN2O5. The van der Waals surface area contributed by atoms with Gasteiger partial charge in [0.2, 0.25) is 11.5 Å². The summed E-state index contributed by atoms with van der Waals surface area (Å²) in [4.78, 5) is 32.5. The standard InChI is InChI=1S/C26H24ClFN2O5/c1-15(31)24(32)26(35-3)22-20(11-10-19(23(22)28)16-6-8-18(27)9-7-16)25(33)30(26)13-17-5-4-12-29-21(17)14-34-2/h4-12,15,31H,13-14H2,1-3H3/t15?,26-/m1/s1. The number of benzene rings is 2. The maximum absolute atomic E-state index is 16.2. The van der Waals surface area contributed by atoms with Crippen molar-refractivity contribution in [2.24, 2.45) is 0 Å². The van der Waals surface area contributed by atoms with E-state index < -0.39 is 29.3 Å². The zero-order valence-electron chi connectivity index (χ0n) is 19.4. The number of aliphatic hydroxyl groups is 1. The highest BCUT2D eigenvalue weighted by Crippen LogP contribution is 2.46. The summed E-state index contributed by atoms with van der Waals surface area (Å²) in [5.41, 5.74) is -0.633. The Hall–Kier alpha value is -3.17. The Labute approximate surface area is 207 Å². The summed E-state index contributed by atoms with van der Waals surface area (Å²) in [6.07, 6.45) is 0.0446. The van der Waals surface area contributed by atoms with Crippen LogP contribution in [-0.2, 0) is 33.1 Å². The van der Waals surface area contributed by atoms with Gasteiger partial charge in [-0.2, -0.15) is 0 Å². The molecule has 2 heterocycles. The summed E-state index contributed by atoms with van der Waals surface area (Å²) in [6, 6.07) is 12.9. The van der Waals surface area contributed by atoms with E-state index in [9.17, 15) is 14.7 Å². The maximum atomic E-state index is 16.2. The predicted octanol–water partition coefficient (Wildman–Crippen LogP) is 4.09. The molecule has 0 radical (unpaired) electrons. The van der Waals surface area contributed by atoms with Crippen molar-refractivity contribution in [3.8, 4) is 11.1 Å². The maximum Gasteiger partial charge on any atom is 0.257 e. The van der Waals surface area contributed by atoms with Crippen LogP contribution in [-0.4, -0.2) is 47.0 Å². The molecule has 3 aromatic rings. The minimum absolute atomic E-state index is 0.0201. The number of hydrogen-bond acceptors (Lipinski definition) is 6. The molecule has 0 spiro atoms. The first-order valence-corrected chi connectivity index (χ1v) is 11.2. The Bertz CT molecular complexity index is 1280. The van der Waals surface area contributed by atoms with Crippen molar-refractivity contribution in [2.75, 3.05) is 14.2 Å². The average molecular weight is 499 g/mol. The fraction of sp³-hybridized carbons (Fsp3) is 0.269. The van der Waals surface area contributed by atoms with E-state index in [2.05, 4.69) is 4.98 Å². The van der Waals surface area contributed by atoms with Crippen molar-refractivity contribution < 1.29 is 28.6 Å². The van der Waals surface area contributed by atoms with Gasteiger partial charge in [-0.15, -0.1) is 0 Å². The van der Waals surface area contributed by atoms with Gasteiger partial charge in [0, 0.05) is 31.0 Å². The highest BCUT2D eigenvalue weighted by atomic mass is 35.5. The molecule has 1 aromatic heterocycles. The number of aliphatic hydroxyl groups excluding tert-OH is 1. The number of carbonyl (C=O) groups is 2. The van der Waals surface area contributed by atoms with E-state index in [-0.39, 0.29) is 29.8 Å². The van der Waals surface area contributed by atoms with Crippen molar-refractivity contribution in [3.05, 3.63) is 88.0 Å². The minimum atomic E-state index is -2.19. The SMILES string of the molecule is COCc1ncccc1CN1C(=O)c2ccc(-c3ccc(Cl)cc3)c(F)c2[C@@]1(OC)C(=O)C(C)O. The molecule has 1 aliphatic heterocycles. The average Bonchev–Trinajstić information content (AvgIpc) is 3.09. The zero-order chi connectivity index (χ0) is 25.3. The number of amides is 1. The van der Waals surface area contributed by atoms with Crippen molar-refractivity contribution >= 4 is 23.3 Å². The van der Waals surface area contributed by atoms with Gasteiger partial charge in [-0.1, -0.05) is 35.9 Å². The molecule has 0 saturated carbocycles. The van der Waals surface area contributed by atoms with Gasteiger partial charge >= 0.3 is 0 Å². The normalized spacial score (nSPS) is 18.0. The number of hydrogen-bond donors (Lipinski definition) is 1. The second-order valence-corrected chi connectivity index (χ2v) is 8.61. The largest absolute Gasteiger partial charge is 0.385 e. The molecule has 2 atom stereocenters. The van der Waals surface area contributed by atoms with Crippen LogP contribution in [0, 0.1) is 5.82 Å². The van der Waals surface area contributed by atoms with E-state index in [0.29, 0.717) is 21.8 Å². The molecule has 1 aliphatic rings. The third kappa shape index (κ3) is 4.12. The number of ether oxygens (including phenoxy) is 2. The number of fused-ring (bicyclic) bond motifs is 1. The van der Waals surface area contributed by atoms with Gasteiger partial charge in [0.1, 0.15) is 11.9 Å². The fourth-order valence-corrected chi connectivity index (χ4v) is 4.57. The molecule has 4 rings (SSSR count). The van der Waals surface area contributed by atoms with Crippen LogP contribution in [0.4, 0.5) is 4.39 Å². The van der Waals surface area contributed by atoms with E-state index in [1.54, 1.807) is 42.6 Å². The van der Waals surface area contributed by atoms with Crippen LogP contribution >= 0.6 is 11.6 Å². The molecule has 1 N–H and O–H groups in total. The summed E-state index contributed by atoms with van der Waals surface area (Å²) < 4.78 is 27.1. The first-order valence-electron chi connectivity index (χ1n) is 10.9. The highest BCUT2D eigenvalue weighted by Gasteiger charge is 2.58.